The molecular formula is C30H28F3N7O2S. The van der Waals surface area contributed by atoms with Crippen LogP contribution in [0.1, 0.15) is 40.4 Å². The van der Waals surface area contributed by atoms with Gasteiger partial charge in [0.05, 0.1) is 36.1 Å². The molecule has 1 aromatic carbocycles. The molecule has 4 aliphatic rings. The van der Waals surface area contributed by atoms with Crippen molar-refractivity contribution in [2.75, 3.05) is 43.4 Å². The number of thiophene rings is 1. The summed E-state index contributed by atoms with van der Waals surface area (Å²) in [6, 6.07) is 4.13. The maximum Gasteiger partial charge on any atom is 0.319 e. The minimum absolute atomic E-state index is 0.00253. The van der Waals surface area contributed by atoms with E-state index in [1.165, 1.54) is 18.3 Å². The van der Waals surface area contributed by atoms with E-state index in [0.717, 1.165) is 17.8 Å². The predicted molar refractivity (Wildman–Crippen MR) is 156 cm³/mol. The standard InChI is InChI=1S/C30H28F3N7O2S/c31-15-10-30(5-1-6-39(30)13-15)14-42-29-37-25-18(28(38-29)40-7-2-8-41-21-9-20(21)40)12-36-24(23(25)33)16-3-4-19(32)26-22(16)17(11-34)27(35)43-26/h3-4,12,15,20-21H,1-2,5-10,13-14,35H2/t15-,20-,21+,30+/m1/s1/i14D2. The summed E-state index contributed by atoms with van der Waals surface area (Å²) >= 11 is 0.898. The van der Waals surface area contributed by atoms with Crippen LogP contribution in [0.15, 0.2) is 18.3 Å². The molecule has 0 spiro atoms. The molecular weight excluding hydrogens is 579 g/mol. The van der Waals surface area contributed by atoms with Gasteiger partial charge >= 0.3 is 6.01 Å². The summed E-state index contributed by atoms with van der Waals surface area (Å²) in [5, 5.41) is 10.3. The Balaban J connectivity index is 1.31. The number of hydrogen-bond donors (Lipinski definition) is 1. The zero-order valence-electron chi connectivity index (χ0n) is 24.9. The Morgan fingerprint density at radius 2 is 2.16 bits per heavy atom. The number of alkyl halides is 1. The van der Waals surface area contributed by atoms with E-state index >= 15 is 4.39 Å². The first kappa shape index (κ1) is 24.7. The topological polar surface area (TPSA) is 113 Å². The Hall–Kier alpha value is -3.73. The van der Waals surface area contributed by atoms with Crippen molar-refractivity contribution in [2.24, 2.45) is 0 Å². The molecule has 43 heavy (non-hydrogen) atoms. The van der Waals surface area contributed by atoms with Crippen LogP contribution in [-0.4, -0.2) is 76.5 Å². The van der Waals surface area contributed by atoms with E-state index in [-0.39, 0.29) is 73.9 Å². The lowest BCUT2D eigenvalue weighted by atomic mass is 9.95. The summed E-state index contributed by atoms with van der Waals surface area (Å²) in [5.41, 5.74) is 4.66. The van der Waals surface area contributed by atoms with E-state index < -0.39 is 29.9 Å². The summed E-state index contributed by atoms with van der Waals surface area (Å²) in [6.45, 7) is -0.584. The number of nitrogens with zero attached hydrogens (tertiary/aromatic N) is 6. The lowest BCUT2D eigenvalue weighted by Gasteiger charge is -2.31. The average Bonchev–Trinajstić information content (AvgIpc) is 3.41. The fraction of sp³-hybridized carbons (Fsp3) is 0.467. The van der Waals surface area contributed by atoms with Crippen LogP contribution in [0.25, 0.3) is 32.2 Å². The van der Waals surface area contributed by atoms with Crippen LogP contribution in [0.4, 0.5) is 24.0 Å². The molecule has 1 saturated carbocycles. The number of fused-ring (bicyclic) bond motifs is 4. The molecule has 222 valence electrons. The van der Waals surface area contributed by atoms with Gasteiger partial charge in [-0.15, -0.1) is 11.3 Å². The molecule has 3 aliphatic heterocycles. The zero-order valence-corrected chi connectivity index (χ0v) is 23.8. The van der Waals surface area contributed by atoms with Gasteiger partial charge in [0, 0.05) is 43.3 Å². The van der Waals surface area contributed by atoms with E-state index in [9.17, 15) is 14.0 Å². The first-order valence-corrected chi connectivity index (χ1v) is 15.2. The number of hydrogen-bond acceptors (Lipinski definition) is 10. The van der Waals surface area contributed by atoms with Crippen LogP contribution in [0, 0.1) is 23.0 Å². The van der Waals surface area contributed by atoms with E-state index in [0.29, 0.717) is 44.8 Å². The summed E-state index contributed by atoms with van der Waals surface area (Å²) < 4.78 is 76.0. The van der Waals surface area contributed by atoms with Gasteiger partial charge < -0.3 is 20.1 Å². The van der Waals surface area contributed by atoms with Gasteiger partial charge in [0.15, 0.2) is 5.82 Å². The number of aromatic nitrogens is 3. The molecule has 9 nitrogen and oxygen atoms in total. The number of nitrogen functional groups attached to an aromatic ring is 1. The van der Waals surface area contributed by atoms with Gasteiger partial charge in [-0.2, -0.15) is 15.2 Å². The van der Waals surface area contributed by atoms with Gasteiger partial charge in [0.25, 0.3) is 0 Å². The van der Waals surface area contributed by atoms with Gasteiger partial charge in [0.2, 0.25) is 0 Å². The van der Waals surface area contributed by atoms with Crippen LogP contribution < -0.4 is 15.4 Å². The predicted octanol–water partition coefficient (Wildman–Crippen LogP) is 4.96. The van der Waals surface area contributed by atoms with E-state index in [1.54, 1.807) is 4.90 Å². The number of benzene rings is 1. The summed E-state index contributed by atoms with van der Waals surface area (Å²) in [4.78, 5) is 17.3. The van der Waals surface area contributed by atoms with Crippen molar-refractivity contribution in [3.05, 3.63) is 35.5 Å². The van der Waals surface area contributed by atoms with Crippen LogP contribution >= 0.6 is 11.3 Å². The number of ether oxygens (including phenoxy) is 2. The minimum Gasteiger partial charge on any atom is -0.461 e. The molecule has 0 unspecified atom stereocenters. The Labute approximate surface area is 251 Å². The smallest absolute Gasteiger partial charge is 0.319 e. The first-order valence-electron chi connectivity index (χ1n) is 15.4. The van der Waals surface area contributed by atoms with Gasteiger partial charge in [0.1, 0.15) is 46.6 Å². The monoisotopic (exact) mass is 609 g/mol. The second kappa shape index (κ2) is 9.90. The van der Waals surface area contributed by atoms with E-state index in [2.05, 4.69) is 15.0 Å². The third-order valence-electron chi connectivity index (χ3n) is 9.01. The second-order valence-corrected chi connectivity index (χ2v) is 12.7. The van der Waals surface area contributed by atoms with Crippen molar-refractivity contribution in [3.8, 4) is 23.3 Å². The van der Waals surface area contributed by atoms with Crippen molar-refractivity contribution < 1.29 is 25.4 Å². The molecule has 0 radical (unpaired) electrons. The molecule has 4 aromatic rings. The second-order valence-electron chi connectivity index (χ2n) is 11.6. The molecule has 8 rings (SSSR count). The zero-order chi connectivity index (χ0) is 31.2. The number of anilines is 2. The Morgan fingerprint density at radius 1 is 1.28 bits per heavy atom. The van der Waals surface area contributed by atoms with Gasteiger partial charge in [-0.25, -0.2) is 13.2 Å². The molecule has 4 fully saturated rings. The average molecular weight is 610 g/mol. The number of nitrogens with two attached hydrogens (primary N) is 1. The van der Waals surface area contributed by atoms with Crippen LogP contribution in [-0.2, 0) is 4.74 Å². The van der Waals surface area contributed by atoms with Gasteiger partial charge in [-0.3, -0.25) is 9.88 Å². The number of halogens is 3. The van der Waals surface area contributed by atoms with E-state index in [4.69, 9.17) is 17.9 Å². The molecule has 3 aromatic heterocycles. The molecule has 13 heteroatoms. The van der Waals surface area contributed by atoms with Crippen molar-refractivity contribution >= 4 is 43.1 Å². The number of rotatable bonds is 5. The van der Waals surface area contributed by atoms with Crippen molar-refractivity contribution in [3.63, 3.8) is 0 Å². The summed E-state index contributed by atoms with van der Waals surface area (Å²) in [6.07, 6.45) is 2.78. The lowest BCUT2D eigenvalue weighted by molar-refractivity contribution is 0.107. The SMILES string of the molecule is [2H]C([2H])(Oc1nc(N2CCCO[C@H]3C[C@H]32)c2cnc(-c3ccc(F)c4sc(N)c(C#N)c34)c(F)c2n1)[C@@]12CCCN1C[C@H](F)C2. The third kappa shape index (κ3) is 4.22. The largest absolute Gasteiger partial charge is 0.461 e. The van der Waals surface area contributed by atoms with Crippen LogP contribution in [0.2, 0.25) is 0 Å². The highest BCUT2D eigenvalue weighted by Gasteiger charge is 2.50. The molecule has 1 aliphatic carbocycles. The molecule has 0 bridgehead atoms. The number of pyridine rings is 1. The van der Waals surface area contributed by atoms with Gasteiger partial charge in [-0.05, 0) is 44.4 Å². The highest BCUT2D eigenvalue weighted by atomic mass is 32.1. The highest BCUT2D eigenvalue weighted by molar-refractivity contribution is 7.23. The maximum atomic E-state index is 16.7. The van der Waals surface area contributed by atoms with Gasteiger partial charge in [-0.1, -0.05) is 0 Å². The maximum absolute atomic E-state index is 16.7. The first-order chi connectivity index (χ1) is 21.6. The van der Waals surface area contributed by atoms with Crippen LogP contribution in [0.5, 0.6) is 6.01 Å². The Bertz CT molecular complexity index is 1920. The normalized spacial score (nSPS) is 27.9. The van der Waals surface area contributed by atoms with Crippen LogP contribution in [0.3, 0.4) is 0 Å². The lowest BCUT2D eigenvalue weighted by Crippen LogP contribution is -2.43. The van der Waals surface area contributed by atoms with E-state index in [1.807, 2.05) is 11.0 Å². The van der Waals surface area contributed by atoms with Crippen molar-refractivity contribution in [1.29, 1.82) is 5.26 Å². The van der Waals surface area contributed by atoms with Crippen molar-refractivity contribution in [1.82, 2.24) is 19.9 Å². The number of nitriles is 1. The summed E-state index contributed by atoms with van der Waals surface area (Å²) in [5.74, 6) is -1.13. The Morgan fingerprint density at radius 3 is 3.02 bits per heavy atom. The molecule has 2 N–H and O–H groups in total. The molecule has 4 atom stereocenters. The third-order valence-corrected chi connectivity index (χ3v) is 10.0. The summed E-state index contributed by atoms with van der Waals surface area (Å²) in [7, 11) is 0. The molecule has 3 saturated heterocycles. The highest BCUT2D eigenvalue weighted by Crippen LogP contribution is 2.44. The fourth-order valence-electron chi connectivity index (χ4n) is 6.94. The molecule has 6 heterocycles. The quantitative estimate of drug-likeness (QED) is 0.335. The Kier molecular flexibility index (Phi) is 5.68. The minimum atomic E-state index is -2.38. The fourth-order valence-corrected chi connectivity index (χ4v) is 7.89. The molecule has 0 amide bonds. The van der Waals surface area contributed by atoms with Crippen molar-refractivity contribution in [2.45, 2.75) is 56.0 Å².